The van der Waals surface area contributed by atoms with E-state index in [1.165, 1.54) is 13.2 Å². The van der Waals surface area contributed by atoms with E-state index in [2.05, 4.69) is 20.8 Å². The highest BCUT2D eigenvalue weighted by Gasteiger charge is 2.30. The van der Waals surface area contributed by atoms with Gasteiger partial charge in [-0.2, -0.15) is 5.10 Å². The highest BCUT2D eigenvalue weighted by Crippen LogP contribution is 2.36. The third kappa shape index (κ3) is 5.65. The maximum absolute atomic E-state index is 12.3. The van der Waals surface area contributed by atoms with Crippen LogP contribution in [0.2, 0.25) is 0 Å². The minimum atomic E-state index is -0.390. The predicted octanol–water partition coefficient (Wildman–Crippen LogP) is 3.08. The number of anilines is 1. The number of rotatable bonds is 7. The zero-order valence-electron chi connectivity index (χ0n) is 17.4. The topological polar surface area (TPSA) is 126 Å². The summed E-state index contributed by atoms with van der Waals surface area (Å²) < 4.78 is 10.5. The van der Waals surface area contributed by atoms with Crippen LogP contribution in [0.15, 0.2) is 24.3 Å². The molecule has 0 bridgehead atoms. The molecule has 9 heteroatoms. The molecule has 9 nitrogen and oxygen atoms in total. The van der Waals surface area contributed by atoms with Gasteiger partial charge in [-0.1, -0.05) is 6.07 Å². The van der Waals surface area contributed by atoms with Crippen molar-refractivity contribution in [2.45, 2.75) is 57.6 Å². The standard InChI is InChI=1S/C21H28N4O5/c1-12(2)22-21(28)30-15-6-5-14(10-15)16-11-19(25-24-16)23-20(27)9-13-4-7-17(26)18(8-13)29-3/h4,7-8,11-12,14-15,26H,5-6,9-10H2,1-3H3,(H,22,28)(H2,23,24,25,27)/t14-,15+/m0/s1. The lowest BCUT2D eigenvalue weighted by atomic mass is 10.0. The van der Waals surface area contributed by atoms with Crippen molar-refractivity contribution in [3.8, 4) is 11.5 Å². The van der Waals surface area contributed by atoms with Crippen LogP contribution in [0.25, 0.3) is 0 Å². The first-order chi connectivity index (χ1) is 14.3. The number of hydrogen-bond donors (Lipinski definition) is 4. The SMILES string of the molecule is COc1cc(CC(=O)Nc2cc([C@H]3CC[C@@H](OC(=O)NC(C)C)C3)[nH]n2)ccc1O. The number of alkyl carbamates (subject to hydrolysis) is 1. The third-order valence-corrected chi connectivity index (χ3v) is 4.98. The number of ether oxygens (including phenoxy) is 2. The Labute approximate surface area is 175 Å². The van der Waals surface area contributed by atoms with Gasteiger partial charge in [0, 0.05) is 23.7 Å². The first-order valence-corrected chi connectivity index (χ1v) is 10.0. The van der Waals surface area contributed by atoms with Crippen molar-refractivity contribution in [3.63, 3.8) is 0 Å². The highest BCUT2D eigenvalue weighted by molar-refractivity contribution is 5.91. The summed E-state index contributed by atoms with van der Waals surface area (Å²) in [5.74, 6) is 0.768. The molecule has 0 spiro atoms. The second-order valence-electron chi connectivity index (χ2n) is 7.78. The first-order valence-electron chi connectivity index (χ1n) is 10.0. The van der Waals surface area contributed by atoms with Crippen molar-refractivity contribution in [2.24, 2.45) is 0 Å². The molecule has 0 aliphatic heterocycles. The second kappa shape index (κ2) is 9.51. The largest absolute Gasteiger partial charge is 0.504 e. The Morgan fingerprint density at radius 1 is 1.30 bits per heavy atom. The summed E-state index contributed by atoms with van der Waals surface area (Å²) in [5.41, 5.74) is 1.63. The fraction of sp³-hybridized carbons (Fsp3) is 0.476. The van der Waals surface area contributed by atoms with Crippen LogP contribution in [0.5, 0.6) is 11.5 Å². The molecule has 0 radical (unpaired) electrons. The fourth-order valence-electron chi connectivity index (χ4n) is 3.56. The van der Waals surface area contributed by atoms with Gasteiger partial charge in [0.05, 0.1) is 13.5 Å². The zero-order valence-corrected chi connectivity index (χ0v) is 17.4. The summed E-state index contributed by atoms with van der Waals surface area (Å²) in [5, 5.41) is 22.3. The molecular formula is C21H28N4O5. The van der Waals surface area contributed by atoms with E-state index >= 15 is 0 Å². The molecule has 4 N–H and O–H groups in total. The average Bonchev–Trinajstić information content (AvgIpc) is 3.32. The molecule has 2 amide bonds. The van der Waals surface area contributed by atoms with Crippen molar-refractivity contribution in [3.05, 3.63) is 35.5 Å². The van der Waals surface area contributed by atoms with Crippen LogP contribution >= 0.6 is 0 Å². The second-order valence-corrected chi connectivity index (χ2v) is 7.78. The molecule has 1 aromatic carbocycles. The van der Waals surface area contributed by atoms with Crippen LogP contribution in [0.1, 0.15) is 50.3 Å². The number of carbonyl (C=O) groups excluding carboxylic acids is 2. The Kier molecular flexibility index (Phi) is 6.81. The molecular weight excluding hydrogens is 388 g/mol. The van der Waals surface area contributed by atoms with Gasteiger partial charge in [-0.3, -0.25) is 9.89 Å². The van der Waals surface area contributed by atoms with Crippen molar-refractivity contribution >= 4 is 17.8 Å². The monoisotopic (exact) mass is 416 g/mol. The van der Waals surface area contributed by atoms with E-state index in [1.807, 2.05) is 19.9 Å². The highest BCUT2D eigenvalue weighted by atomic mass is 16.6. The van der Waals surface area contributed by atoms with Crippen LogP contribution in [0.3, 0.4) is 0 Å². The number of amides is 2. The van der Waals surface area contributed by atoms with Gasteiger partial charge < -0.3 is 25.2 Å². The van der Waals surface area contributed by atoms with Crippen molar-refractivity contribution < 1.29 is 24.2 Å². The number of phenols is 1. The number of nitrogens with one attached hydrogen (secondary N) is 3. The van der Waals surface area contributed by atoms with E-state index in [9.17, 15) is 14.7 Å². The van der Waals surface area contributed by atoms with E-state index in [0.29, 0.717) is 23.6 Å². The number of aromatic hydroxyl groups is 1. The van der Waals surface area contributed by atoms with Gasteiger partial charge in [0.25, 0.3) is 0 Å². The summed E-state index contributed by atoms with van der Waals surface area (Å²) in [4.78, 5) is 24.1. The molecule has 2 aromatic rings. The number of aromatic nitrogens is 2. The van der Waals surface area contributed by atoms with Crippen LogP contribution in [-0.4, -0.2) is 46.6 Å². The molecule has 30 heavy (non-hydrogen) atoms. The number of methoxy groups -OCH3 is 1. The molecule has 1 aliphatic carbocycles. The Hall–Kier alpha value is -3.23. The van der Waals surface area contributed by atoms with E-state index in [1.54, 1.807) is 12.1 Å². The Balaban J connectivity index is 1.51. The summed E-state index contributed by atoms with van der Waals surface area (Å²) in [6.07, 6.45) is 2.00. The average molecular weight is 416 g/mol. The normalized spacial score (nSPS) is 18.3. The summed E-state index contributed by atoms with van der Waals surface area (Å²) in [7, 11) is 1.46. The lowest BCUT2D eigenvalue weighted by Crippen LogP contribution is -2.33. The van der Waals surface area contributed by atoms with Crippen molar-refractivity contribution in [1.82, 2.24) is 15.5 Å². The minimum absolute atomic E-state index is 0.0270. The summed E-state index contributed by atoms with van der Waals surface area (Å²) in [6, 6.07) is 6.64. The Morgan fingerprint density at radius 2 is 2.10 bits per heavy atom. The Bertz CT molecular complexity index is 895. The zero-order chi connectivity index (χ0) is 21.7. The predicted molar refractivity (Wildman–Crippen MR) is 111 cm³/mol. The first kappa shape index (κ1) is 21.5. The van der Waals surface area contributed by atoms with Gasteiger partial charge in [-0.15, -0.1) is 0 Å². The van der Waals surface area contributed by atoms with Gasteiger partial charge in [-0.05, 0) is 50.8 Å². The lowest BCUT2D eigenvalue weighted by molar-refractivity contribution is -0.115. The van der Waals surface area contributed by atoms with Gasteiger partial charge in [0.2, 0.25) is 5.91 Å². The molecule has 1 heterocycles. The van der Waals surface area contributed by atoms with E-state index in [4.69, 9.17) is 9.47 Å². The minimum Gasteiger partial charge on any atom is -0.504 e. The maximum Gasteiger partial charge on any atom is 0.407 e. The molecule has 0 saturated heterocycles. The molecule has 1 aliphatic rings. The molecule has 1 aromatic heterocycles. The number of benzene rings is 1. The van der Waals surface area contributed by atoms with Gasteiger partial charge in [0.15, 0.2) is 17.3 Å². The van der Waals surface area contributed by atoms with Crippen molar-refractivity contribution in [1.29, 1.82) is 0 Å². The van der Waals surface area contributed by atoms with Crippen LogP contribution < -0.4 is 15.4 Å². The lowest BCUT2D eigenvalue weighted by Gasteiger charge is -2.14. The van der Waals surface area contributed by atoms with Crippen LogP contribution in [-0.2, 0) is 16.0 Å². The third-order valence-electron chi connectivity index (χ3n) is 4.98. The summed E-state index contributed by atoms with van der Waals surface area (Å²) >= 11 is 0. The van der Waals surface area contributed by atoms with Gasteiger partial charge in [-0.25, -0.2) is 4.79 Å². The number of carbonyl (C=O) groups is 2. The molecule has 1 fully saturated rings. The van der Waals surface area contributed by atoms with Crippen LogP contribution in [0.4, 0.5) is 10.6 Å². The van der Waals surface area contributed by atoms with Crippen LogP contribution in [0, 0.1) is 0 Å². The molecule has 1 saturated carbocycles. The number of hydrogen-bond acceptors (Lipinski definition) is 6. The smallest absolute Gasteiger partial charge is 0.407 e. The quantitative estimate of drug-likeness (QED) is 0.550. The van der Waals surface area contributed by atoms with E-state index < -0.39 is 0 Å². The van der Waals surface area contributed by atoms with Gasteiger partial charge in [0.1, 0.15) is 6.10 Å². The van der Waals surface area contributed by atoms with E-state index in [0.717, 1.165) is 18.5 Å². The number of nitrogens with zero attached hydrogens (tertiary/aromatic N) is 1. The van der Waals surface area contributed by atoms with Crippen molar-refractivity contribution in [2.75, 3.05) is 12.4 Å². The number of aromatic amines is 1. The molecule has 0 unspecified atom stereocenters. The number of phenolic OH excluding ortho intramolecular Hbond substituents is 1. The molecule has 3 rings (SSSR count). The maximum atomic E-state index is 12.3. The molecule has 162 valence electrons. The van der Waals surface area contributed by atoms with E-state index in [-0.39, 0.29) is 42.2 Å². The Morgan fingerprint density at radius 3 is 2.83 bits per heavy atom. The van der Waals surface area contributed by atoms with Gasteiger partial charge >= 0.3 is 6.09 Å². The molecule has 2 atom stereocenters. The number of H-pyrrole nitrogens is 1. The fourth-order valence-corrected chi connectivity index (χ4v) is 3.56. The summed E-state index contributed by atoms with van der Waals surface area (Å²) in [6.45, 7) is 3.77.